The Hall–Kier alpha value is -3.92. The van der Waals surface area contributed by atoms with E-state index in [1.165, 1.54) is 16.3 Å². The summed E-state index contributed by atoms with van der Waals surface area (Å²) in [5.74, 6) is 0.707. The van der Waals surface area contributed by atoms with Crippen LogP contribution >= 0.6 is 0 Å². The number of hydrogen-bond donors (Lipinski definition) is 0. The van der Waals surface area contributed by atoms with Gasteiger partial charge in [0, 0.05) is 28.7 Å². The number of hydrogen-bond acceptors (Lipinski definition) is 4. The summed E-state index contributed by atoms with van der Waals surface area (Å²) < 4.78 is 11.9. The Balaban J connectivity index is 1.60. The average molecular weight is 418 g/mol. The third kappa shape index (κ3) is 2.91. The van der Waals surface area contributed by atoms with Gasteiger partial charge in [-0.15, -0.1) is 0 Å². The van der Waals surface area contributed by atoms with Crippen molar-refractivity contribution in [3.05, 3.63) is 84.9 Å². The summed E-state index contributed by atoms with van der Waals surface area (Å²) in [6.07, 6.45) is 5.26. The summed E-state index contributed by atoms with van der Waals surface area (Å²) in [6, 6.07) is 20.8. The van der Waals surface area contributed by atoms with Crippen molar-refractivity contribution >= 4 is 32.7 Å². The van der Waals surface area contributed by atoms with E-state index >= 15 is 0 Å². The molecule has 4 heteroatoms. The van der Waals surface area contributed by atoms with Crippen LogP contribution in [0, 0.1) is 0 Å². The minimum absolute atomic E-state index is 0.00131. The fraction of sp³-hybridized carbons (Fsp3) is 0.143. The first kappa shape index (κ1) is 18.8. The number of rotatable bonds is 2. The smallest absolute Gasteiger partial charge is 0.161 e. The van der Waals surface area contributed by atoms with E-state index in [9.17, 15) is 0 Å². The second kappa shape index (κ2) is 6.79. The van der Waals surface area contributed by atoms with Gasteiger partial charge in [-0.2, -0.15) is 0 Å². The summed E-state index contributed by atoms with van der Waals surface area (Å²) in [5.41, 5.74) is 5.50. The molecule has 0 aliphatic rings. The van der Waals surface area contributed by atoms with Crippen molar-refractivity contribution in [1.82, 2.24) is 9.97 Å². The second-order valence-electron chi connectivity index (χ2n) is 9.18. The fourth-order valence-corrected chi connectivity index (χ4v) is 4.45. The molecule has 0 spiro atoms. The molecule has 0 amide bonds. The average Bonchev–Trinajstić information content (AvgIpc) is 3.44. The molecule has 0 N–H and O–H groups in total. The molecule has 32 heavy (non-hydrogen) atoms. The van der Waals surface area contributed by atoms with Gasteiger partial charge in [-0.1, -0.05) is 45.0 Å². The monoisotopic (exact) mass is 418 g/mol. The van der Waals surface area contributed by atoms with Gasteiger partial charge in [-0.25, -0.2) is 0 Å². The van der Waals surface area contributed by atoms with Crippen LogP contribution in [0.4, 0.5) is 0 Å². The van der Waals surface area contributed by atoms with Crippen LogP contribution in [0.3, 0.4) is 0 Å². The van der Waals surface area contributed by atoms with Crippen LogP contribution in [0.1, 0.15) is 26.3 Å². The Morgan fingerprint density at radius 2 is 1.56 bits per heavy atom. The lowest BCUT2D eigenvalue weighted by atomic mass is 9.82. The van der Waals surface area contributed by atoms with Crippen LogP contribution in [0.25, 0.3) is 55.4 Å². The highest BCUT2D eigenvalue weighted by atomic mass is 16.3. The van der Waals surface area contributed by atoms with Gasteiger partial charge in [0.25, 0.3) is 0 Å². The van der Waals surface area contributed by atoms with Gasteiger partial charge in [-0.3, -0.25) is 9.97 Å². The third-order valence-electron chi connectivity index (χ3n) is 5.99. The number of pyridine rings is 2. The van der Waals surface area contributed by atoms with E-state index < -0.39 is 0 Å². The molecule has 0 fully saturated rings. The number of fused-ring (bicyclic) bond motifs is 3. The van der Waals surface area contributed by atoms with Crippen LogP contribution in [0.2, 0.25) is 0 Å². The minimum atomic E-state index is -0.00131. The molecule has 0 saturated heterocycles. The Labute approximate surface area is 185 Å². The van der Waals surface area contributed by atoms with E-state index in [0.717, 1.165) is 38.9 Å². The van der Waals surface area contributed by atoms with Crippen molar-refractivity contribution in [3.8, 4) is 22.7 Å². The van der Waals surface area contributed by atoms with Gasteiger partial charge >= 0.3 is 0 Å². The summed E-state index contributed by atoms with van der Waals surface area (Å²) in [5, 5.41) is 4.40. The molecule has 0 bridgehead atoms. The maximum atomic E-state index is 6.39. The quantitative estimate of drug-likeness (QED) is 0.288. The summed E-state index contributed by atoms with van der Waals surface area (Å²) in [4.78, 5) is 9.29. The molecular formula is C28H22N2O2. The molecule has 4 nitrogen and oxygen atoms in total. The second-order valence-corrected chi connectivity index (χ2v) is 9.18. The maximum absolute atomic E-state index is 6.39. The first-order chi connectivity index (χ1) is 15.5. The van der Waals surface area contributed by atoms with Crippen LogP contribution in [0.15, 0.2) is 88.2 Å². The highest BCUT2D eigenvalue weighted by molar-refractivity contribution is 5.99. The highest BCUT2D eigenvalue weighted by Crippen LogP contribution is 2.38. The van der Waals surface area contributed by atoms with Crippen LogP contribution in [-0.2, 0) is 5.41 Å². The van der Waals surface area contributed by atoms with Crippen molar-refractivity contribution in [2.24, 2.45) is 0 Å². The van der Waals surface area contributed by atoms with E-state index in [4.69, 9.17) is 13.8 Å². The maximum Gasteiger partial charge on any atom is 0.161 e. The predicted octanol–water partition coefficient (Wildman–Crippen LogP) is 7.75. The normalized spacial score (nSPS) is 12.2. The van der Waals surface area contributed by atoms with Crippen LogP contribution in [0.5, 0.6) is 0 Å². The Kier molecular flexibility index (Phi) is 3.99. The Morgan fingerprint density at radius 1 is 0.750 bits per heavy atom. The molecule has 2 aromatic carbocycles. The number of furan rings is 2. The first-order valence-electron chi connectivity index (χ1n) is 10.7. The van der Waals surface area contributed by atoms with Crippen molar-refractivity contribution < 1.29 is 8.83 Å². The lowest BCUT2D eigenvalue weighted by Crippen LogP contribution is -2.12. The molecule has 0 aliphatic heterocycles. The van der Waals surface area contributed by atoms with Gasteiger partial charge in [0.1, 0.15) is 17.0 Å². The lowest BCUT2D eigenvalue weighted by Gasteiger charge is -2.22. The molecule has 0 atom stereocenters. The summed E-state index contributed by atoms with van der Waals surface area (Å²) >= 11 is 0. The standard InChI is InChI=1S/C28H22N2O2/c1-28(2,3)22-15-19(14-17-6-4-5-7-20(17)22)25-27-18(8-11-29-25)16-24(32-27)26-21-10-13-31-23(21)9-12-30-26/h4-16H,1-3H3. The van der Waals surface area contributed by atoms with E-state index in [2.05, 4.69) is 62.2 Å². The molecule has 0 unspecified atom stereocenters. The molecule has 4 aromatic heterocycles. The number of aromatic nitrogens is 2. The van der Waals surface area contributed by atoms with Gasteiger partial charge in [0.05, 0.1) is 6.26 Å². The van der Waals surface area contributed by atoms with Gasteiger partial charge in [0.2, 0.25) is 0 Å². The largest absolute Gasteiger partial charge is 0.464 e. The fourth-order valence-electron chi connectivity index (χ4n) is 4.45. The van der Waals surface area contributed by atoms with Gasteiger partial charge in [-0.05, 0) is 58.1 Å². The number of benzene rings is 2. The molecule has 0 radical (unpaired) electrons. The van der Waals surface area contributed by atoms with Crippen LogP contribution < -0.4 is 0 Å². The topological polar surface area (TPSA) is 52.1 Å². The Bertz CT molecular complexity index is 1620. The molecule has 4 heterocycles. The van der Waals surface area contributed by atoms with E-state index in [-0.39, 0.29) is 5.41 Å². The molecular weight excluding hydrogens is 396 g/mol. The zero-order chi connectivity index (χ0) is 21.9. The third-order valence-corrected chi connectivity index (χ3v) is 5.99. The van der Waals surface area contributed by atoms with Crippen molar-refractivity contribution in [2.45, 2.75) is 26.2 Å². The van der Waals surface area contributed by atoms with E-state index in [1.54, 1.807) is 12.5 Å². The Morgan fingerprint density at radius 3 is 2.44 bits per heavy atom. The number of nitrogens with zero attached hydrogens (tertiary/aromatic N) is 2. The minimum Gasteiger partial charge on any atom is -0.464 e. The SMILES string of the molecule is CC(C)(C)c1cc(-c2nccc3cc(-c4nccc5occc45)oc23)cc2ccccc12. The molecule has 0 aliphatic carbocycles. The van der Waals surface area contributed by atoms with Crippen LogP contribution in [-0.4, -0.2) is 9.97 Å². The van der Waals surface area contributed by atoms with E-state index in [0.29, 0.717) is 5.76 Å². The molecule has 0 saturated carbocycles. The van der Waals surface area contributed by atoms with Crippen molar-refractivity contribution in [3.63, 3.8) is 0 Å². The predicted molar refractivity (Wildman–Crippen MR) is 129 cm³/mol. The summed E-state index contributed by atoms with van der Waals surface area (Å²) in [7, 11) is 0. The van der Waals surface area contributed by atoms with Crippen molar-refractivity contribution in [2.75, 3.05) is 0 Å². The molecule has 6 aromatic rings. The van der Waals surface area contributed by atoms with Gasteiger partial charge < -0.3 is 8.83 Å². The molecule has 6 rings (SSSR count). The van der Waals surface area contributed by atoms with E-state index in [1.807, 2.05) is 30.5 Å². The zero-order valence-corrected chi connectivity index (χ0v) is 18.2. The highest BCUT2D eigenvalue weighted by Gasteiger charge is 2.21. The van der Waals surface area contributed by atoms with Crippen molar-refractivity contribution in [1.29, 1.82) is 0 Å². The lowest BCUT2D eigenvalue weighted by molar-refractivity contribution is 0.596. The summed E-state index contributed by atoms with van der Waals surface area (Å²) in [6.45, 7) is 6.73. The van der Waals surface area contributed by atoms with Gasteiger partial charge in [0.15, 0.2) is 11.3 Å². The first-order valence-corrected chi connectivity index (χ1v) is 10.7. The zero-order valence-electron chi connectivity index (χ0n) is 18.2. The molecule has 156 valence electrons.